The number of hydrogen-bond acceptors (Lipinski definition) is 4. The van der Waals surface area contributed by atoms with Gasteiger partial charge in [0.05, 0.1) is 13.0 Å². The number of nitrogens with one attached hydrogen (secondary N) is 1. The Bertz CT molecular complexity index is 173. The average Bonchev–Trinajstić information content (AvgIpc) is 2.26. The van der Waals surface area contributed by atoms with Crippen LogP contribution >= 0.6 is 0 Å². The molecule has 0 aromatic heterocycles. The van der Waals surface area contributed by atoms with E-state index in [4.69, 9.17) is 5.11 Å². The highest BCUT2D eigenvalue weighted by molar-refractivity contribution is 5.72. The Morgan fingerprint density at radius 2 is 2.00 bits per heavy atom. The molecule has 0 heterocycles. The van der Waals surface area contributed by atoms with Gasteiger partial charge in [0, 0.05) is 12.6 Å². The first-order chi connectivity index (χ1) is 7.13. The molecule has 0 bridgehead atoms. The van der Waals surface area contributed by atoms with E-state index in [-0.39, 0.29) is 24.5 Å². The van der Waals surface area contributed by atoms with Crippen molar-refractivity contribution in [2.75, 3.05) is 20.3 Å². The largest absolute Gasteiger partial charge is 0.469 e. The molecule has 0 saturated heterocycles. The van der Waals surface area contributed by atoms with Crippen molar-refractivity contribution in [1.82, 2.24) is 5.32 Å². The Labute approximate surface area is 92.0 Å². The molecule has 2 N–H and O–H groups in total. The Balaban J connectivity index is 3.55. The number of ether oxygens (including phenoxy) is 1. The summed E-state index contributed by atoms with van der Waals surface area (Å²) in [6.45, 7) is 4.97. The first-order valence-corrected chi connectivity index (χ1v) is 5.55. The van der Waals surface area contributed by atoms with Gasteiger partial charge in [-0.05, 0) is 32.7 Å². The number of esters is 1. The van der Waals surface area contributed by atoms with Gasteiger partial charge < -0.3 is 15.2 Å². The highest BCUT2D eigenvalue weighted by atomic mass is 16.5. The molecule has 0 aliphatic carbocycles. The Morgan fingerprint density at radius 3 is 2.53 bits per heavy atom. The summed E-state index contributed by atoms with van der Waals surface area (Å²) in [7, 11) is 1.41. The highest BCUT2D eigenvalue weighted by Gasteiger charge is 2.19. The van der Waals surface area contributed by atoms with Crippen molar-refractivity contribution in [2.45, 2.75) is 39.2 Å². The molecular weight excluding hydrogens is 194 g/mol. The number of carbonyl (C=O) groups is 1. The Hall–Kier alpha value is -0.610. The van der Waals surface area contributed by atoms with Gasteiger partial charge in [-0.2, -0.15) is 0 Å². The Kier molecular flexibility index (Phi) is 8.33. The minimum Gasteiger partial charge on any atom is -0.469 e. The third kappa shape index (κ3) is 6.47. The van der Waals surface area contributed by atoms with Crippen LogP contribution < -0.4 is 5.32 Å². The molecule has 4 nitrogen and oxygen atoms in total. The summed E-state index contributed by atoms with van der Waals surface area (Å²) >= 11 is 0. The maximum absolute atomic E-state index is 11.2. The number of hydrogen-bond donors (Lipinski definition) is 2. The molecule has 2 unspecified atom stereocenters. The molecule has 0 saturated carbocycles. The van der Waals surface area contributed by atoms with Crippen LogP contribution in [0.25, 0.3) is 0 Å². The quantitative estimate of drug-likeness (QED) is 0.469. The molecule has 15 heavy (non-hydrogen) atoms. The lowest BCUT2D eigenvalue weighted by Gasteiger charge is -2.19. The second kappa shape index (κ2) is 8.68. The molecule has 0 spiro atoms. The van der Waals surface area contributed by atoms with Gasteiger partial charge in [-0.15, -0.1) is 0 Å². The van der Waals surface area contributed by atoms with Crippen molar-refractivity contribution >= 4 is 5.97 Å². The fraction of sp³-hybridized carbons (Fsp3) is 0.909. The van der Waals surface area contributed by atoms with Gasteiger partial charge in [0.2, 0.25) is 0 Å². The number of carbonyl (C=O) groups excluding carboxylic acids is 1. The van der Waals surface area contributed by atoms with Crippen LogP contribution in [0.2, 0.25) is 0 Å². The highest BCUT2D eigenvalue weighted by Crippen LogP contribution is 2.04. The van der Waals surface area contributed by atoms with Crippen molar-refractivity contribution in [3.8, 4) is 0 Å². The lowest BCUT2D eigenvalue weighted by atomic mass is 10.0. The SMILES string of the molecule is COC(=O)C(C)C(C)NCCCCCO. The van der Waals surface area contributed by atoms with Crippen LogP contribution in [0, 0.1) is 5.92 Å². The molecule has 0 amide bonds. The molecule has 90 valence electrons. The zero-order chi connectivity index (χ0) is 11.7. The van der Waals surface area contributed by atoms with E-state index in [0.717, 1.165) is 25.8 Å². The van der Waals surface area contributed by atoms with Gasteiger partial charge in [-0.3, -0.25) is 4.79 Å². The van der Waals surface area contributed by atoms with Crippen LogP contribution in [0.5, 0.6) is 0 Å². The molecule has 0 aliphatic heterocycles. The van der Waals surface area contributed by atoms with E-state index in [1.807, 2.05) is 13.8 Å². The standard InChI is InChI=1S/C11H23NO3/c1-9(11(14)15-3)10(2)12-7-5-4-6-8-13/h9-10,12-13H,4-8H2,1-3H3. The zero-order valence-corrected chi connectivity index (χ0v) is 9.95. The van der Waals surface area contributed by atoms with Gasteiger partial charge in [0.25, 0.3) is 0 Å². The lowest BCUT2D eigenvalue weighted by Crippen LogP contribution is -2.37. The fourth-order valence-electron chi connectivity index (χ4n) is 1.31. The number of rotatable bonds is 8. The predicted molar refractivity (Wildman–Crippen MR) is 59.6 cm³/mol. The Morgan fingerprint density at radius 1 is 1.33 bits per heavy atom. The minimum absolute atomic E-state index is 0.118. The van der Waals surface area contributed by atoms with E-state index >= 15 is 0 Å². The van der Waals surface area contributed by atoms with E-state index in [9.17, 15) is 4.79 Å². The first kappa shape index (κ1) is 14.4. The van der Waals surface area contributed by atoms with E-state index in [1.165, 1.54) is 7.11 Å². The molecule has 0 aromatic rings. The smallest absolute Gasteiger partial charge is 0.309 e. The molecular formula is C11H23NO3. The number of aliphatic hydroxyl groups is 1. The van der Waals surface area contributed by atoms with Crippen molar-refractivity contribution in [1.29, 1.82) is 0 Å². The third-order valence-corrected chi connectivity index (χ3v) is 2.62. The van der Waals surface area contributed by atoms with E-state index in [0.29, 0.717) is 0 Å². The van der Waals surface area contributed by atoms with Crippen molar-refractivity contribution in [3.63, 3.8) is 0 Å². The van der Waals surface area contributed by atoms with Crippen LogP contribution in [0.4, 0.5) is 0 Å². The first-order valence-electron chi connectivity index (χ1n) is 5.55. The average molecular weight is 217 g/mol. The normalized spacial score (nSPS) is 14.7. The maximum Gasteiger partial charge on any atom is 0.309 e. The van der Waals surface area contributed by atoms with Gasteiger partial charge in [0.15, 0.2) is 0 Å². The minimum atomic E-state index is -0.176. The maximum atomic E-state index is 11.2. The van der Waals surface area contributed by atoms with Crippen LogP contribution in [0.1, 0.15) is 33.1 Å². The van der Waals surface area contributed by atoms with Gasteiger partial charge >= 0.3 is 5.97 Å². The second-order valence-electron chi connectivity index (χ2n) is 3.84. The summed E-state index contributed by atoms with van der Waals surface area (Å²) in [5.74, 6) is -0.293. The van der Waals surface area contributed by atoms with Crippen molar-refractivity contribution in [3.05, 3.63) is 0 Å². The molecule has 0 fully saturated rings. The van der Waals surface area contributed by atoms with Crippen molar-refractivity contribution in [2.24, 2.45) is 5.92 Å². The number of unbranched alkanes of at least 4 members (excludes halogenated alkanes) is 2. The van der Waals surface area contributed by atoms with Crippen LogP contribution in [-0.4, -0.2) is 37.4 Å². The van der Waals surface area contributed by atoms with E-state index in [1.54, 1.807) is 0 Å². The van der Waals surface area contributed by atoms with Crippen LogP contribution in [-0.2, 0) is 9.53 Å². The summed E-state index contributed by atoms with van der Waals surface area (Å²) in [6.07, 6.45) is 2.89. The van der Waals surface area contributed by atoms with Gasteiger partial charge in [-0.1, -0.05) is 6.92 Å². The van der Waals surface area contributed by atoms with Crippen LogP contribution in [0.3, 0.4) is 0 Å². The molecule has 0 aromatic carbocycles. The molecule has 2 atom stereocenters. The topological polar surface area (TPSA) is 58.6 Å². The second-order valence-corrected chi connectivity index (χ2v) is 3.84. The summed E-state index contributed by atoms with van der Waals surface area (Å²) in [4.78, 5) is 11.2. The molecule has 4 heteroatoms. The summed E-state index contributed by atoms with van der Waals surface area (Å²) in [5, 5.41) is 11.9. The van der Waals surface area contributed by atoms with Gasteiger partial charge in [-0.25, -0.2) is 0 Å². The lowest BCUT2D eigenvalue weighted by molar-refractivity contribution is -0.145. The fourth-order valence-corrected chi connectivity index (χ4v) is 1.31. The zero-order valence-electron chi connectivity index (χ0n) is 9.95. The molecule has 0 radical (unpaired) electrons. The summed E-state index contributed by atoms with van der Waals surface area (Å²) in [5.41, 5.74) is 0. The van der Waals surface area contributed by atoms with Crippen LogP contribution in [0.15, 0.2) is 0 Å². The molecule has 0 aliphatic rings. The third-order valence-electron chi connectivity index (χ3n) is 2.62. The van der Waals surface area contributed by atoms with E-state index < -0.39 is 0 Å². The number of aliphatic hydroxyl groups excluding tert-OH is 1. The van der Waals surface area contributed by atoms with Crippen molar-refractivity contribution < 1.29 is 14.6 Å². The molecule has 0 rings (SSSR count). The van der Waals surface area contributed by atoms with E-state index in [2.05, 4.69) is 10.1 Å². The number of methoxy groups -OCH3 is 1. The monoisotopic (exact) mass is 217 g/mol. The summed E-state index contributed by atoms with van der Waals surface area (Å²) < 4.78 is 4.67. The van der Waals surface area contributed by atoms with Gasteiger partial charge in [0.1, 0.15) is 0 Å². The predicted octanol–water partition coefficient (Wildman–Crippen LogP) is 0.936. The summed E-state index contributed by atoms with van der Waals surface area (Å²) in [6, 6.07) is 0.131.